The highest BCUT2D eigenvalue weighted by molar-refractivity contribution is 5.95. The third kappa shape index (κ3) is 4.64. The fraction of sp³-hybridized carbons (Fsp3) is 0.474. The summed E-state index contributed by atoms with van der Waals surface area (Å²) in [5.74, 6) is -0.324. The van der Waals surface area contributed by atoms with Crippen LogP contribution in [0.15, 0.2) is 30.5 Å². The van der Waals surface area contributed by atoms with Crippen molar-refractivity contribution in [1.82, 2.24) is 15.1 Å². The van der Waals surface area contributed by atoms with Gasteiger partial charge in [-0.1, -0.05) is 12.8 Å². The molecule has 0 bridgehead atoms. The summed E-state index contributed by atoms with van der Waals surface area (Å²) in [4.78, 5) is 23.0. The zero-order valence-corrected chi connectivity index (χ0v) is 15.6. The number of aromatic nitrogens is 2. The van der Waals surface area contributed by atoms with E-state index in [-0.39, 0.29) is 23.2 Å². The van der Waals surface area contributed by atoms with Gasteiger partial charge in [0.05, 0.1) is 23.2 Å². The summed E-state index contributed by atoms with van der Waals surface area (Å²) in [6.07, 6.45) is 6.75. The first kappa shape index (κ1) is 18.9. The molecule has 3 rings (SSSR count). The van der Waals surface area contributed by atoms with Gasteiger partial charge >= 0.3 is 0 Å². The minimum atomic E-state index is -0.481. The van der Waals surface area contributed by atoms with E-state index >= 15 is 0 Å². The molecule has 1 aliphatic carbocycles. The van der Waals surface area contributed by atoms with Crippen LogP contribution < -0.4 is 10.6 Å². The van der Waals surface area contributed by atoms with Gasteiger partial charge in [-0.15, -0.1) is 0 Å². The van der Waals surface area contributed by atoms with Gasteiger partial charge in [0, 0.05) is 23.9 Å². The Hall–Kier alpha value is -2.90. The summed E-state index contributed by atoms with van der Waals surface area (Å²) in [5, 5.41) is 21.8. The summed E-state index contributed by atoms with van der Waals surface area (Å²) >= 11 is 0. The van der Waals surface area contributed by atoms with Crippen LogP contribution in [-0.4, -0.2) is 26.7 Å². The second-order valence-electron chi connectivity index (χ2n) is 7.20. The quantitative estimate of drug-likeness (QED) is 0.571. The zero-order chi connectivity index (χ0) is 19.4. The number of nitro groups is 1. The maximum atomic E-state index is 12.1. The van der Waals surface area contributed by atoms with E-state index in [0.29, 0.717) is 18.3 Å². The first-order chi connectivity index (χ1) is 12.9. The molecule has 2 aromatic rings. The molecule has 8 nitrogen and oxygen atoms in total. The monoisotopic (exact) mass is 371 g/mol. The van der Waals surface area contributed by atoms with Gasteiger partial charge in [-0.25, -0.2) is 0 Å². The molecule has 0 aliphatic heterocycles. The number of benzene rings is 1. The fourth-order valence-corrected chi connectivity index (χ4v) is 3.35. The lowest BCUT2D eigenvalue weighted by Crippen LogP contribution is -2.30. The molecule has 1 saturated carbocycles. The molecule has 144 valence electrons. The normalized spacial score (nSPS) is 14.5. The zero-order valence-electron chi connectivity index (χ0n) is 15.6. The minimum Gasteiger partial charge on any atom is -0.374 e. The average Bonchev–Trinajstić information content (AvgIpc) is 3.30. The Morgan fingerprint density at radius 1 is 1.33 bits per heavy atom. The van der Waals surface area contributed by atoms with Crippen LogP contribution in [0.3, 0.4) is 0 Å². The molecule has 2 N–H and O–H groups in total. The number of nitrogens with zero attached hydrogens (tertiary/aromatic N) is 3. The number of nitrogens with one attached hydrogen (secondary N) is 2. The molecular weight excluding hydrogens is 346 g/mol. The van der Waals surface area contributed by atoms with Crippen LogP contribution in [-0.2, 0) is 6.54 Å². The van der Waals surface area contributed by atoms with Gasteiger partial charge in [0.25, 0.3) is 11.6 Å². The van der Waals surface area contributed by atoms with Crippen LogP contribution in [0.2, 0.25) is 0 Å². The lowest BCUT2D eigenvalue weighted by Gasteiger charge is -2.11. The second kappa shape index (κ2) is 8.20. The second-order valence-corrected chi connectivity index (χ2v) is 7.20. The highest BCUT2D eigenvalue weighted by Gasteiger charge is 2.19. The summed E-state index contributed by atoms with van der Waals surface area (Å²) in [5.41, 5.74) is 1.35. The fourth-order valence-electron chi connectivity index (χ4n) is 3.35. The lowest BCUT2D eigenvalue weighted by molar-refractivity contribution is -0.384. The van der Waals surface area contributed by atoms with Crippen molar-refractivity contribution in [3.8, 4) is 0 Å². The Kier molecular flexibility index (Phi) is 5.73. The maximum Gasteiger partial charge on any atom is 0.293 e. The van der Waals surface area contributed by atoms with Gasteiger partial charge in [0.1, 0.15) is 5.69 Å². The maximum absolute atomic E-state index is 12.1. The van der Waals surface area contributed by atoms with Crippen molar-refractivity contribution in [2.24, 2.45) is 0 Å². The predicted octanol–water partition coefficient (Wildman–Crippen LogP) is 3.66. The van der Waals surface area contributed by atoms with E-state index < -0.39 is 4.92 Å². The largest absolute Gasteiger partial charge is 0.374 e. The smallest absolute Gasteiger partial charge is 0.293 e. The summed E-state index contributed by atoms with van der Waals surface area (Å²) < 4.78 is 2.00. The van der Waals surface area contributed by atoms with Gasteiger partial charge < -0.3 is 10.6 Å². The standard InChI is InChI=1S/C19H25N5O3/c1-13(2)21-19(25)14-7-8-17(18(11-14)24(26)27)20-12-15-9-10-23(22-15)16-5-3-4-6-16/h7-11,13,16,20H,3-6,12H2,1-2H3,(H,21,25). The SMILES string of the molecule is CC(C)NC(=O)c1ccc(NCc2ccn(C3CCCC3)n2)c([N+](=O)[O-])c1. The highest BCUT2D eigenvalue weighted by atomic mass is 16.6. The van der Waals surface area contributed by atoms with E-state index in [1.165, 1.54) is 18.9 Å². The molecule has 0 atom stereocenters. The van der Waals surface area contributed by atoms with Gasteiger partial charge in [0.2, 0.25) is 0 Å². The topological polar surface area (TPSA) is 102 Å². The molecular formula is C19H25N5O3. The average molecular weight is 371 g/mol. The van der Waals surface area contributed by atoms with Crippen LogP contribution in [0, 0.1) is 10.1 Å². The number of hydrogen-bond acceptors (Lipinski definition) is 5. The van der Waals surface area contributed by atoms with Gasteiger partial charge in [-0.3, -0.25) is 19.6 Å². The van der Waals surface area contributed by atoms with E-state index in [1.54, 1.807) is 12.1 Å². The molecule has 1 aromatic carbocycles. The molecule has 27 heavy (non-hydrogen) atoms. The summed E-state index contributed by atoms with van der Waals surface area (Å²) in [7, 11) is 0. The van der Waals surface area contributed by atoms with Gasteiger partial charge in [-0.2, -0.15) is 5.10 Å². The van der Waals surface area contributed by atoms with Crippen molar-refractivity contribution in [3.05, 3.63) is 51.8 Å². The minimum absolute atomic E-state index is 0.0377. The number of rotatable bonds is 7. The Morgan fingerprint density at radius 2 is 2.07 bits per heavy atom. The number of nitro benzene ring substituents is 1. The number of anilines is 1. The van der Waals surface area contributed by atoms with Gasteiger partial charge in [0.15, 0.2) is 0 Å². The molecule has 1 heterocycles. The van der Waals surface area contributed by atoms with Gasteiger partial charge in [-0.05, 0) is 44.9 Å². The van der Waals surface area contributed by atoms with E-state index in [4.69, 9.17) is 0 Å². The van der Waals surface area contributed by atoms with Crippen LogP contribution in [0.4, 0.5) is 11.4 Å². The summed E-state index contributed by atoms with van der Waals surface area (Å²) in [6.45, 7) is 4.07. The molecule has 8 heteroatoms. The molecule has 1 amide bonds. The van der Waals surface area contributed by atoms with Crippen LogP contribution in [0.25, 0.3) is 0 Å². The number of hydrogen-bond donors (Lipinski definition) is 2. The van der Waals surface area contributed by atoms with Crippen LogP contribution >= 0.6 is 0 Å². The van der Waals surface area contributed by atoms with E-state index in [1.807, 2.05) is 30.8 Å². The third-order valence-corrected chi connectivity index (χ3v) is 4.70. The first-order valence-corrected chi connectivity index (χ1v) is 9.31. The molecule has 0 spiro atoms. The molecule has 0 radical (unpaired) electrons. The molecule has 0 unspecified atom stereocenters. The number of carbonyl (C=O) groups excluding carboxylic acids is 1. The third-order valence-electron chi connectivity index (χ3n) is 4.70. The van der Waals surface area contributed by atoms with Crippen molar-refractivity contribution in [2.45, 2.75) is 58.2 Å². The van der Waals surface area contributed by atoms with Crippen molar-refractivity contribution >= 4 is 17.3 Å². The Balaban J connectivity index is 1.70. The lowest BCUT2D eigenvalue weighted by atomic mass is 10.1. The van der Waals surface area contributed by atoms with E-state index in [0.717, 1.165) is 18.5 Å². The number of carbonyl (C=O) groups is 1. The molecule has 0 saturated heterocycles. The predicted molar refractivity (Wildman–Crippen MR) is 103 cm³/mol. The van der Waals surface area contributed by atoms with Crippen molar-refractivity contribution in [1.29, 1.82) is 0 Å². The molecule has 1 aliphatic rings. The molecule has 1 fully saturated rings. The Morgan fingerprint density at radius 3 is 2.74 bits per heavy atom. The first-order valence-electron chi connectivity index (χ1n) is 9.31. The van der Waals surface area contributed by atoms with E-state index in [9.17, 15) is 14.9 Å². The summed E-state index contributed by atoms with van der Waals surface area (Å²) in [6, 6.07) is 6.82. The van der Waals surface area contributed by atoms with Crippen molar-refractivity contribution in [3.63, 3.8) is 0 Å². The van der Waals surface area contributed by atoms with Crippen LogP contribution in [0.5, 0.6) is 0 Å². The highest BCUT2D eigenvalue weighted by Crippen LogP contribution is 2.29. The molecule has 1 aromatic heterocycles. The number of amides is 1. The van der Waals surface area contributed by atoms with E-state index in [2.05, 4.69) is 15.7 Å². The van der Waals surface area contributed by atoms with Crippen molar-refractivity contribution < 1.29 is 9.72 Å². The Bertz CT molecular complexity index is 825. The Labute approximate surface area is 158 Å². The van der Waals surface area contributed by atoms with Crippen LogP contribution in [0.1, 0.15) is 61.6 Å². The van der Waals surface area contributed by atoms with Crippen molar-refractivity contribution in [2.75, 3.05) is 5.32 Å².